The van der Waals surface area contributed by atoms with Gasteiger partial charge in [-0.15, -0.1) is 0 Å². The van der Waals surface area contributed by atoms with Gasteiger partial charge in [0.05, 0.1) is 13.2 Å². The first-order chi connectivity index (χ1) is 9.52. The van der Waals surface area contributed by atoms with Gasteiger partial charge in [0.1, 0.15) is 11.6 Å². The molecule has 0 spiro atoms. The number of nitrogens with one attached hydrogen (secondary N) is 1. The van der Waals surface area contributed by atoms with Gasteiger partial charge in [-0.1, -0.05) is 13.8 Å². The maximum absolute atomic E-state index is 12.0. The van der Waals surface area contributed by atoms with Crippen LogP contribution in [0.1, 0.15) is 26.7 Å². The summed E-state index contributed by atoms with van der Waals surface area (Å²) in [6, 6.07) is 2.06. The van der Waals surface area contributed by atoms with Crippen molar-refractivity contribution in [2.75, 3.05) is 39.4 Å². The minimum atomic E-state index is -0.0568. The van der Waals surface area contributed by atoms with Gasteiger partial charge in [-0.2, -0.15) is 5.26 Å². The van der Waals surface area contributed by atoms with Gasteiger partial charge in [-0.05, 0) is 11.8 Å². The Hall–Kier alpha value is -1.38. The molecule has 5 nitrogen and oxygen atoms in total. The molecule has 1 saturated heterocycles. The van der Waals surface area contributed by atoms with Crippen molar-refractivity contribution in [2.45, 2.75) is 26.7 Å². The standard InChI is InChI=1S/C15H23N3O2/c1-15(2)9-13(12(11-16)14(19)10-15)17-3-4-18-5-7-20-8-6-18/h17H,3-10H2,1-2H3. The van der Waals surface area contributed by atoms with Crippen LogP contribution in [0.2, 0.25) is 0 Å². The van der Waals surface area contributed by atoms with E-state index in [1.54, 1.807) is 0 Å². The number of nitriles is 1. The first-order valence-electron chi connectivity index (χ1n) is 7.22. The van der Waals surface area contributed by atoms with E-state index in [0.29, 0.717) is 12.0 Å². The van der Waals surface area contributed by atoms with Gasteiger partial charge < -0.3 is 10.1 Å². The lowest BCUT2D eigenvalue weighted by atomic mass is 9.76. The van der Waals surface area contributed by atoms with Crippen LogP contribution in [0, 0.1) is 16.7 Å². The third-order valence-electron chi connectivity index (χ3n) is 3.86. The Morgan fingerprint density at radius 2 is 2.05 bits per heavy atom. The van der Waals surface area contributed by atoms with Gasteiger partial charge in [-0.25, -0.2) is 0 Å². The van der Waals surface area contributed by atoms with Crippen LogP contribution in [0.4, 0.5) is 0 Å². The molecule has 2 aliphatic rings. The van der Waals surface area contributed by atoms with Gasteiger partial charge in [0.25, 0.3) is 0 Å². The van der Waals surface area contributed by atoms with Crippen LogP contribution in [0.5, 0.6) is 0 Å². The second kappa shape index (κ2) is 6.38. The summed E-state index contributed by atoms with van der Waals surface area (Å²) < 4.78 is 5.31. The molecule has 0 atom stereocenters. The maximum atomic E-state index is 12.0. The van der Waals surface area contributed by atoms with Crippen LogP contribution in [0.15, 0.2) is 11.3 Å². The zero-order valence-corrected chi connectivity index (χ0v) is 12.4. The van der Waals surface area contributed by atoms with Gasteiger partial charge in [0, 0.05) is 38.3 Å². The van der Waals surface area contributed by atoms with Crippen LogP contribution < -0.4 is 5.32 Å². The van der Waals surface area contributed by atoms with Gasteiger partial charge >= 0.3 is 0 Å². The number of nitrogens with zero attached hydrogens (tertiary/aromatic N) is 2. The number of allylic oxidation sites excluding steroid dienone is 2. The molecule has 5 heteroatoms. The van der Waals surface area contributed by atoms with Crippen molar-refractivity contribution < 1.29 is 9.53 Å². The molecule has 0 amide bonds. The Kier molecular flexibility index (Phi) is 4.79. The topological polar surface area (TPSA) is 65.4 Å². The highest BCUT2D eigenvalue weighted by molar-refractivity contribution is 6.01. The molecule has 0 aromatic rings. The Labute approximate surface area is 120 Å². The summed E-state index contributed by atoms with van der Waals surface area (Å²) in [7, 11) is 0. The SMILES string of the molecule is CC1(C)CC(=O)C(C#N)=C(NCCN2CCOCC2)C1. The zero-order chi connectivity index (χ0) is 14.6. The molecular formula is C15H23N3O2. The van der Waals surface area contributed by atoms with Crippen LogP contribution >= 0.6 is 0 Å². The number of hydrogen-bond donors (Lipinski definition) is 1. The largest absolute Gasteiger partial charge is 0.386 e. The molecule has 2 rings (SSSR count). The van der Waals surface area contributed by atoms with Crippen LogP contribution in [0.3, 0.4) is 0 Å². The monoisotopic (exact) mass is 277 g/mol. The van der Waals surface area contributed by atoms with Crippen molar-refractivity contribution in [3.63, 3.8) is 0 Å². The molecule has 1 fully saturated rings. The number of morpholine rings is 1. The van der Waals surface area contributed by atoms with Gasteiger partial charge in [0.2, 0.25) is 0 Å². The number of carbonyl (C=O) groups excluding carboxylic acids is 1. The summed E-state index contributed by atoms with van der Waals surface area (Å²) in [5.74, 6) is -0.0300. The van der Waals surface area contributed by atoms with E-state index in [9.17, 15) is 4.79 Å². The summed E-state index contributed by atoms with van der Waals surface area (Å²) in [5, 5.41) is 12.5. The molecule has 1 heterocycles. The second-order valence-electron chi connectivity index (χ2n) is 6.29. The van der Waals surface area contributed by atoms with E-state index in [0.717, 1.165) is 51.5 Å². The maximum Gasteiger partial charge on any atom is 0.175 e. The van der Waals surface area contributed by atoms with E-state index in [1.807, 2.05) is 0 Å². The molecule has 0 radical (unpaired) electrons. The predicted molar refractivity (Wildman–Crippen MR) is 75.9 cm³/mol. The molecule has 0 aromatic carbocycles. The Balaban J connectivity index is 1.92. The molecule has 0 saturated carbocycles. The zero-order valence-electron chi connectivity index (χ0n) is 12.4. The number of ketones is 1. The highest BCUT2D eigenvalue weighted by atomic mass is 16.5. The van der Waals surface area contributed by atoms with Crippen molar-refractivity contribution in [3.05, 3.63) is 11.3 Å². The van der Waals surface area contributed by atoms with E-state index in [2.05, 4.69) is 30.1 Å². The minimum absolute atomic E-state index is 0.0300. The molecule has 1 aliphatic heterocycles. The molecule has 110 valence electrons. The smallest absolute Gasteiger partial charge is 0.175 e. The van der Waals surface area contributed by atoms with Crippen LogP contribution in [-0.2, 0) is 9.53 Å². The molecule has 1 aliphatic carbocycles. The molecule has 1 N–H and O–H groups in total. The first-order valence-corrected chi connectivity index (χ1v) is 7.22. The Morgan fingerprint density at radius 3 is 2.70 bits per heavy atom. The van der Waals surface area contributed by atoms with E-state index in [4.69, 9.17) is 10.00 Å². The van der Waals surface area contributed by atoms with Crippen molar-refractivity contribution in [1.82, 2.24) is 10.2 Å². The Morgan fingerprint density at radius 1 is 1.35 bits per heavy atom. The van der Waals surface area contributed by atoms with Crippen molar-refractivity contribution in [3.8, 4) is 6.07 Å². The van der Waals surface area contributed by atoms with Crippen molar-refractivity contribution in [1.29, 1.82) is 5.26 Å². The summed E-state index contributed by atoms with van der Waals surface area (Å²) in [6.07, 6.45) is 1.23. The lowest BCUT2D eigenvalue weighted by Gasteiger charge is -2.32. The number of rotatable bonds is 4. The van der Waals surface area contributed by atoms with Crippen LogP contribution in [-0.4, -0.2) is 50.1 Å². The third-order valence-corrected chi connectivity index (χ3v) is 3.86. The number of carbonyl (C=O) groups is 1. The second-order valence-corrected chi connectivity index (χ2v) is 6.29. The normalized spacial score (nSPS) is 23.6. The van der Waals surface area contributed by atoms with Crippen molar-refractivity contribution in [2.24, 2.45) is 5.41 Å². The molecule has 0 unspecified atom stereocenters. The Bertz CT molecular complexity index is 443. The van der Waals surface area contributed by atoms with Gasteiger partial charge in [-0.3, -0.25) is 9.69 Å². The lowest BCUT2D eigenvalue weighted by molar-refractivity contribution is -0.117. The van der Waals surface area contributed by atoms with E-state index >= 15 is 0 Å². The van der Waals surface area contributed by atoms with E-state index in [1.165, 1.54) is 0 Å². The van der Waals surface area contributed by atoms with E-state index in [-0.39, 0.29) is 11.2 Å². The molecule has 0 aromatic heterocycles. The summed E-state index contributed by atoms with van der Waals surface area (Å²) in [5.41, 5.74) is 1.09. The highest BCUT2D eigenvalue weighted by Gasteiger charge is 2.32. The molecular weight excluding hydrogens is 254 g/mol. The molecule has 20 heavy (non-hydrogen) atoms. The fourth-order valence-corrected chi connectivity index (χ4v) is 2.79. The third kappa shape index (κ3) is 3.81. The van der Waals surface area contributed by atoms with Gasteiger partial charge in [0.15, 0.2) is 5.78 Å². The van der Waals surface area contributed by atoms with Crippen molar-refractivity contribution >= 4 is 5.78 Å². The average Bonchev–Trinajstić information content (AvgIpc) is 2.38. The number of ether oxygens (including phenoxy) is 1. The summed E-state index contributed by atoms with van der Waals surface area (Å²) >= 11 is 0. The number of Topliss-reactive ketones (excluding diaryl/α,β-unsaturated/α-hetero) is 1. The minimum Gasteiger partial charge on any atom is -0.386 e. The molecule has 0 bridgehead atoms. The highest BCUT2D eigenvalue weighted by Crippen LogP contribution is 2.35. The predicted octanol–water partition coefficient (Wildman–Crippen LogP) is 1.07. The first kappa shape index (κ1) is 15.0. The quantitative estimate of drug-likeness (QED) is 0.833. The lowest BCUT2D eigenvalue weighted by Crippen LogP contribution is -2.41. The number of hydrogen-bond acceptors (Lipinski definition) is 5. The summed E-state index contributed by atoms with van der Waals surface area (Å²) in [6.45, 7) is 9.32. The van der Waals surface area contributed by atoms with E-state index < -0.39 is 0 Å². The summed E-state index contributed by atoms with van der Waals surface area (Å²) in [4.78, 5) is 14.3. The average molecular weight is 277 g/mol. The fourth-order valence-electron chi connectivity index (χ4n) is 2.79. The fraction of sp³-hybridized carbons (Fsp3) is 0.733. The van der Waals surface area contributed by atoms with Crippen LogP contribution in [0.25, 0.3) is 0 Å².